The number of benzene rings is 3. The third kappa shape index (κ3) is 7.37. The van der Waals surface area contributed by atoms with E-state index in [2.05, 4.69) is 21.2 Å². The van der Waals surface area contributed by atoms with E-state index >= 15 is 0 Å². The highest BCUT2D eigenvalue weighted by molar-refractivity contribution is 9.10. The number of hydrogen-bond acceptors (Lipinski definition) is 6. The van der Waals surface area contributed by atoms with E-state index in [-0.39, 0.29) is 18.0 Å². The standard InChI is InChI=1S/C33H33BrClN5O5/c1-33(2,3)45-26-16-21(25(41)17-27(36)42)8-13-24(26)31-38-29(19-6-11-23(35)12-7-19)30(20-4-9-22(34)10-5-20)40(31)32(44)39-15-14-37-28(43)18-39/h4-13,16,29-30H,14-15,17-18H2,1-3H3,(H2,36,42)(H,37,43). The molecule has 5 rings (SSSR count). The molecule has 2 aliphatic heterocycles. The molecule has 0 spiro atoms. The summed E-state index contributed by atoms with van der Waals surface area (Å²) >= 11 is 9.74. The lowest BCUT2D eigenvalue weighted by atomic mass is 9.93. The number of urea groups is 1. The number of primary amides is 1. The van der Waals surface area contributed by atoms with Gasteiger partial charge in [-0.2, -0.15) is 0 Å². The second-order valence-electron chi connectivity index (χ2n) is 11.9. The van der Waals surface area contributed by atoms with Crippen LogP contribution in [0.5, 0.6) is 5.75 Å². The highest BCUT2D eigenvalue weighted by Crippen LogP contribution is 2.46. The van der Waals surface area contributed by atoms with Gasteiger partial charge in [0.15, 0.2) is 5.78 Å². The minimum absolute atomic E-state index is 0.104. The maximum absolute atomic E-state index is 14.5. The molecule has 0 radical (unpaired) electrons. The summed E-state index contributed by atoms with van der Waals surface area (Å²) in [6, 6.07) is 18.2. The van der Waals surface area contributed by atoms with Gasteiger partial charge in [0, 0.05) is 28.1 Å². The number of rotatable bonds is 7. The minimum Gasteiger partial charge on any atom is -0.487 e. The molecule has 0 bridgehead atoms. The number of piperazine rings is 1. The molecule has 0 aliphatic carbocycles. The molecule has 1 fully saturated rings. The summed E-state index contributed by atoms with van der Waals surface area (Å²) in [4.78, 5) is 59.5. The summed E-state index contributed by atoms with van der Waals surface area (Å²) in [7, 11) is 0. The van der Waals surface area contributed by atoms with Gasteiger partial charge in [0.25, 0.3) is 0 Å². The van der Waals surface area contributed by atoms with Crippen molar-refractivity contribution in [3.05, 3.63) is 98.5 Å². The summed E-state index contributed by atoms with van der Waals surface area (Å²) < 4.78 is 7.23. The van der Waals surface area contributed by atoms with Crippen molar-refractivity contribution in [2.45, 2.75) is 44.9 Å². The van der Waals surface area contributed by atoms with Crippen LogP contribution in [-0.4, -0.2) is 64.5 Å². The first-order valence-corrected chi connectivity index (χ1v) is 15.6. The maximum Gasteiger partial charge on any atom is 0.326 e. The highest BCUT2D eigenvalue weighted by Gasteiger charge is 2.45. The second-order valence-corrected chi connectivity index (χ2v) is 13.2. The average Bonchev–Trinajstić information content (AvgIpc) is 3.36. The fraction of sp³-hybridized carbons (Fsp3) is 0.303. The van der Waals surface area contributed by atoms with E-state index in [9.17, 15) is 19.2 Å². The summed E-state index contributed by atoms with van der Waals surface area (Å²) in [5.41, 5.74) is 6.94. The van der Waals surface area contributed by atoms with Crippen molar-refractivity contribution in [3.63, 3.8) is 0 Å². The van der Waals surface area contributed by atoms with Crippen molar-refractivity contribution in [2.75, 3.05) is 19.6 Å². The summed E-state index contributed by atoms with van der Waals surface area (Å²) in [5.74, 6) is -0.840. The van der Waals surface area contributed by atoms with Crippen molar-refractivity contribution in [2.24, 2.45) is 10.7 Å². The lowest BCUT2D eigenvalue weighted by Crippen LogP contribution is -2.55. The third-order valence-corrected chi connectivity index (χ3v) is 8.08. The van der Waals surface area contributed by atoms with Gasteiger partial charge in [0.2, 0.25) is 11.8 Å². The van der Waals surface area contributed by atoms with Crippen LogP contribution in [0.25, 0.3) is 0 Å². The summed E-state index contributed by atoms with van der Waals surface area (Å²) in [6.45, 7) is 6.13. The molecule has 45 heavy (non-hydrogen) atoms. The Morgan fingerprint density at radius 1 is 1.04 bits per heavy atom. The Kier molecular flexibility index (Phi) is 9.31. The molecule has 3 N–H and O–H groups in total. The van der Waals surface area contributed by atoms with E-state index < -0.39 is 41.8 Å². The lowest BCUT2D eigenvalue weighted by Gasteiger charge is -2.36. The fourth-order valence-electron chi connectivity index (χ4n) is 5.36. The van der Waals surface area contributed by atoms with Crippen LogP contribution in [0, 0.1) is 0 Å². The normalized spacial score (nSPS) is 18.3. The van der Waals surface area contributed by atoms with E-state index in [0.29, 0.717) is 35.3 Å². The summed E-state index contributed by atoms with van der Waals surface area (Å²) in [5, 5.41) is 3.33. The minimum atomic E-state index is -0.743. The first-order chi connectivity index (χ1) is 21.3. The molecule has 2 aliphatic rings. The van der Waals surface area contributed by atoms with E-state index in [4.69, 9.17) is 27.1 Å². The molecule has 4 amide bonds. The molecule has 3 aromatic rings. The van der Waals surface area contributed by atoms with E-state index in [0.717, 1.165) is 15.6 Å². The number of nitrogens with one attached hydrogen (secondary N) is 1. The van der Waals surface area contributed by atoms with Crippen LogP contribution in [0.1, 0.15) is 66.3 Å². The number of Topliss-reactive ketones (excluding diaryl/α,β-unsaturated/α-hetero) is 1. The van der Waals surface area contributed by atoms with Crippen molar-refractivity contribution in [1.82, 2.24) is 15.1 Å². The third-order valence-electron chi connectivity index (χ3n) is 7.30. The lowest BCUT2D eigenvalue weighted by molar-refractivity contribution is -0.123. The number of carbonyl (C=O) groups is 4. The van der Waals surface area contributed by atoms with Crippen LogP contribution in [0.15, 0.2) is 76.2 Å². The van der Waals surface area contributed by atoms with Crippen LogP contribution in [0.4, 0.5) is 4.79 Å². The molecular weight excluding hydrogens is 662 g/mol. The van der Waals surface area contributed by atoms with Crippen LogP contribution in [0.2, 0.25) is 5.02 Å². The van der Waals surface area contributed by atoms with Gasteiger partial charge in [-0.05, 0) is 68.3 Å². The molecule has 2 atom stereocenters. The number of aliphatic imine (C=N–C) groups is 1. The van der Waals surface area contributed by atoms with Gasteiger partial charge in [-0.1, -0.05) is 57.9 Å². The Bertz CT molecular complexity index is 1670. The number of ketones is 1. The van der Waals surface area contributed by atoms with Gasteiger partial charge >= 0.3 is 6.03 Å². The zero-order valence-corrected chi connectivity index (χ0v) is 27.4. The number of amidine groups is 1. The topological polar surface area (TPSA) is 134 Å². The zero-order valence-electron chi connectivity index (χ0n) is 25.1. The number of nitrogens with zero attached hydrogens (tertiary/aromatic N) is 3. The SMILES string of the molecule is CC(C)(C)Oc1cc(C(=O)CC(N)=O)ccc1C1=NC(c2ccc(Cl)cc2)C(c2ccc(Br)cc2)N1C(=O)N1CCNC(=O)C1. The molecule has 2 unspecified atom stereocenters. The first kappa shape index (κ1) is 32.2. The van der Waals surface area contributed by atoms with Gasteiger partial charge in [0.05, 0.1) is 18.0 Å². The van der Waals surface area contributed by atoms with E-state index in [1.54, 1.807) is 35.2 Å². The predicted octanol–water partition coefficient (Wildman–Crippen LogP) is 5.43. The highest BCUT2D eigenvalue weighted by atomic mass is 79.9. The molecule has 0 saturated carbocycles. The van der Waals surface area contributed by atoms with Crippen LogP contribution >= 0.6 is 27.5 Å². The molecule has 3 aromatic carbocycles. The quantitative estimate of drug-likeness (QED) is 0.251. The molecule has 0 aromatic heterocycles. The number of halogens is 2. The predicted molar refractivity (Wildman–Crippen MR) is 174 cm³/mol. The summed E-state index contributed by atoms with van der Waals surface area (Å²) in [6.07, 6.45) is -0.457. The number of amides is 4. The van der Waals surface area contributed by atoms with E-state index in [1.165, 1.54) is 4.90 Å². The Morgan fingerprint density at radius 2 is 1.71 bits per heavy atom. The maximum atomic E-state index is 14.5. The molecule has 2 heterocycles. The van der Waals surface area contributed by atoms with Crippen molar-refractivity contribution >= 4 is 57.0 Å². The second kappa shape index (κ2) is 13.0. The molecule has 10 nitrogen and oxygen atoms in total. The number of nitrogens with two attached hydrogens (primary N) is 1. The fourth-order valence-corrected chi connectivity index (χ4v) is 5.75. The van der Waals surface area contributed by atoms with Gasteiger partial charge in [-0.15, -0.1) is 0 Å². The Labute approximate surface area is 274 Å². The first-order valence-electron chi connectivity index (χ1n) is 14.4. The number of hydrogen-bond donors (Lipinski definition) is 2. The van der Waals surface area contributed by atoms with Crippen LogP contribution < -0.4 is 15.8 Å². The number of ether oxygens (including phenoxy) is 1. The molecular formula is C33H33BrClN5O5. The molecule has 234 valence electrons. The molecule has 1 saturated heterocycles. The van der Waals surface area contributed by atoms with Crippen molar-refractivity contribution in [3.8, 4) is 5.75 Å². The largest absolute Gasteiger partial charge is 0.487 e. The van der Waals surface area contributed by atoms with Crippen molar-refractivity contribution in [1.29, 1.82) is 0 Å². The monoisotopic (exact) mass is 693 g/mol. The van der Waals surface area contributed by atoms with Gasteiger partial charge < -0.3 is 20.7 Å². The van der Waals surface area contributed by atoms with E-state index in [1.807, 2.05) is 57.2 Å². The van der Waals surface area contributed by atoms with Crippen molar-refractivity contribution < 1.29 is 23.9 Å². The van der Waals surface area contributed by atoms with Gasteiger partial charge in [-0.3, -0.25) is 24.3 Å². The zero-order chi connectivity index (χ0) is 32.5. The Hall–Kier alpha value is -4.22. The van der Waals surface area contributed by atoms with Gasteiger partial charge in [-0.25, -0.2) is 4.79 Å². The molecule has 12 heteroatoms. The Balaban J connectivity index is 1.72. The van der Waals surface area contributed by atoms with Crippen LogP contribution in [-0.2, 0) is 9.59 Å². The van der Waals surface area contributed by atoms with Crippen LogP contribution in [0.3, 0.4) is 0 Å². The average molecular weight is 695 g/mol. The smallest absolute Gasteiger partial charge is 0.326 e. The van der Waals surface area contributed by atoms with Gasteiger partial charge in [0.1, 0.15) is 29.8 Å². The number of carbonyl (C=O) groups excluding carboxylic acids is 4. The Morgan fingerprint density at radius 3 is 2.33 bits per heavy atom.